The number of carbonyl (C=O) groups excluding carboxylic acids is 1. The molecule has 0 saturated heterocycles. The summed E-state index contributed by atoms with van der Waals surface area (Å²) >= 11 is 0. The second-order valence-corrected chi connectivity index (χ2v) is 7.46. The lowest BCUT2D eigenvalue weighted by Crippen LogP contribution is -2.25. The van der Waals surface area contributed by atoms with E-state index in [0.29, 0.717) is 6.04 Å². The largest absolute Gasteiger partial charge is 0.327 e. The molecule has 1 saturated carbocycles. The highest BCUT2D eigenvalue weighted by molar-refractivity contribution is 6.20. The molecule has 0 spiro atoms. The highest BCUT2D eigenvalue weighted by atomic mass is 16.1. The van der Waals surface area contributed by atoms with Gasteiger partial charge in [0.2, 0.25) is 0 Å². The number of rotatable bonds is 3. The molecule has 1 fully saturated rings. The zero-order valence-corrected chi connectivity index (χ0v) is 14.7. The van der Waals surface area contributed by atoms with E-state index >= 15 is 0 Å². The maximum Gasteiger partial charge on any atom is 0.260 e. The number of fused-ring (bicyclic) bond motifs is 2. The molecule has 7 heteroatoms. The molecule has 0 bridgehead atoms. The van der Waals surface area contributed by atoms with Gasteiger partial charge in [-0.1, -0.05) is 12.2 Å². The van der Waals surface area contributed by atoms with E-state index in [4.69, 9.17) is 10.1 Å². The van der Waals surface area contributed by atoms with Crippen LogP contribution in [0, 0.1) is 5.92 Å². The smallest absolute Gasteiger partial charge is 0.260 e. The van der Waals surface area contributed by atoms with E-state index in [1.807, 2.05) is 18.2 Å². The number of aryl methyl sites for hydroxylation is 1. The van der Waals surface area contributed by atoms with Crippen LogP contribution in [0.25, 0.3) is 17.0 Å². The van der Waals surface area contributed by atoms with Crippen molar-refractivity contribution in [3.8, 4) is 11.4 Å². The van der Waals surface area contributed by atoms with Crippen molar-refractivity contribution < 1.29 is 4.79 Å². The fourth-order valence-electron chi connectivity index (χ4n) is 4.12. The number of carbonyl (C=O) groups is 1. The third kappa shape index (κ3) is 2.31. The molecule has 1 amide bonds. The lowest BCUT2D eigenvalue weighted by Gasteiger charge is -2.19. The number of aromatic nitrogens is 4. The molecule has 2 aromatic rings. The Bertz CT molecular complexity index is 1090. The van der Waals surface area contributed by atoms with Crippen molar-refractivity contribution in [1.82, 2.24) is 19.3 Å². The van der Waals surface area contributed by atoms with Crippen LogP contribution in [0.5, 0.6) is 0 Å². The molecule has 2 aliphatic carbocycles. The summed E-state index contributed by atoms with van der Waals surface area (Å²) in [7, 11) is 0. The van der Waals surface area contributed by atoms with Gasteiger partial charge in [-0.2, -0.15) is 5.10 Å². The second-order valence-electron chi connectivity index (χ2n) is 7.46. The molecule has 4 aliphatic rings. The van der Waals surface area contributed by atoms with Crippen LogP contribution in [0.3, 0.4) is 0 Å². The van der Waals surface area contributed by atoms with Gasteiger partial charge < -0.3 is 4.57 Å². The molecule has 1 unspecified atom stereocenters. The Morgan fingerprint density at radius 3 is 3.00 bits per heavy atom. The van der Waals surface area contributed by atoms with Gasteiger partial charge in [-0.15, -0.1) is 0 Å². The summed E-state index contributed by atoms with van der Waals surface area (Å²) in [5.74, 6) is 0.532. The minimum Gasteiger partial charge on any atom is -0.327 e. The number of allylic oxidation sites excluding steroid dienone is 3. The summed E-state index contributed by atoms with van der Waals surface area (Å²) in [6, 6.07) is 2.59. The predicted molar refractivity (Wildman–Crippen MR) is 102 cm³/mol. The SMILES string of the molecule is O=C1N=CN=C2C=CC(c3c(-c4ccn(C5CC5)n4)nc4n3CCC4)=CC12. The number of nitrogens with zero attached hydrogens (tertiary/aromatic N) is 6. The normalized spacial score (nSPS) is 23.3. The first kappa shape index (κ1) is 15.0. The molecule has 6 rings (SSSR count). The van der Waals surface area contributed by atoms with E-state index in [2.05, 4.69) is 31.5 Å². The topological polar surface area (TPSA) is 77.4 Å². The van der Waals surface area contributed by atoms with Gasteiger partial charge in [0, 0.05) is 19.2 Å². The number of hydrogen-bond acceptors (Lipinski definition) is 4. The summed E-state index contributed by atoms with van der Waals surface area (Å²) in [5.41, 5.74) is 4.62. The fourth-order valence-corrected chi connectivity index (χ4v) is 4.12. The number of imidazole rings is 1. The maximum absolute atomic E-state index is 12.2. The Morgan fingerprint density at radius 1 is 1.19 bits per heavy atom. The van der Waals surface area contributed by atoms with Crippen molar-refractivity contribution in [1.29, 1.82) is 0 Å². The van der Waals surface area contributed by atoms with E-state index in [0.717, 1.165) is 53.6 Å². The van der Waals surface area contributed by atoms with Crippen LogP contribution in [-0.4, -0.2) is 37.3 Å². The van der Waals surface area contributed by atoms with Gasteiger partial charge in [-0.25, -0.2) is 15.0 Å². The Labute approximate surface area is 155 Å². The van der Waals surface area contributed by atoms with Crippen molar-refractivity contribution in [2.24, 2.45) is 15.9 Å². The summed E-state index contributed by atoms with van der Waals surface area (Å²) in [5, 5.41) is 4.78. The Balaban J connectivity index is 1.48. The molecule has 2 aliphatic heterocycles. The van der Waals surface area contributed by atoms with E-state index in [1.54, 1.807) is 0 Å². The molecule has 134 valence electrons. The van der Waals surface area contributed by atoms with Crippen LogP contribution in [0.4, 0.5) is 0 Å². The average Bonchev–Trinajstić information content (AvgIpc) is 3.09. The molecule has 1 atom stereocenters. The summed E-state index contributed by atoms with van der Waals surface area (Å²) in [6.07, 6.45) is 13.8. The third-order valence-corrected chi connectivity index (χ3v) is 5.63. The third-order valence-electron chi connectivity index (χ3n) is 5.63. The average molecular weight is 358 g/mol. The van der Waals surface area contributed by atoms with Crippen molar-refractivity contribution in [3.63, 3.8) is 0 Å². The highest BCUT2D eigenvalue weighted by Crippen LogP contribution is 2.38. The molecule has 0 aromatic carbocycles. The van der Waals surface area contributed by atoms with Crippen LogP contribution in [-0.2, 0) is 17.8 Å². The zero-order valence-electron chi connectivity index (χ0n) is 14.7. The van der Waals surface area contributed by atoms with E-state index in [9.17, 15) is 4.79 Å². The van der Waals surface area contributed by atoms with E-state index < -0.39 is 5.92 Å². The van der Waals surface area contributed by atoms with Crippen LogP contribution in [0.2, 0.25) is 0 Å². The van der Waals surface area contributed by atoms with Gasteiger partial charge in [-0.05, 0) is 37.0 Å². The van der Waals surface area contributed by atoms with Crippen LogP contribution >= 0.6 is 0 Å². The van der Waals surface area contributed by atoms with Gasteiger partial charge in [0.15, 0.2) is 0 Å². The number of aliphatic imine (C=N–C) groups is 2. The van der Waals surface area contributed by atoms with Gasteiger partial charge in [0.25, 0.3) is 5.91 Å². The van der Waals surface area contributed by atoms with Gasteiger partial charge in [-0.3, -0.25) is 9.48 Å². The molecular formula is C20H18N6O. The van der Waals surface area contributed by atoms with Crippen LogP contribution in [0.15, 0.2) is 40.5 Å². The summed E-state index contributed by atoms with van der Waals surface area (Å²) in [6.45, 7) is 0.948. The molecule has 27 heavy (non-hydrogen) atoms. The first-order chi connectivity index (χ1) is 13.3. The summed E-state index contributed by atoms with van der Waals surface area (Å²) in [4.78, 5) is 25.2. The predicted octanol–water partition coefficient (Wildman–Crippen LogP) is 2.61. The van der Waals surface area contributed by atoms with Gasteiger partial charge >= 0.3 is 0 Å². The molecule has 0 N–H and O–H groups in total. The Kier molecular flexibility index (Phi) is 3.03. The molecule has 0 radical (unpaired) electrons. The van der Waals surface area contributed by atoms with Crippen molar-refractivity contribution in [2.45, 2.75) is 38.3 Å². The number of hydrogen-bond donors (Lipinski definition) is 0. The second kappa shape index (κ2) is 5.45. The maximum atomic E-state index is 12.2. The quantitative estimate of drug-likeness (QED) is 0.846. The monoisotopic (exact) mass is 358 g/mol. The first-order valence-corrected chi connectivity index (χ1v) is 9.47. The Hall–Kier alpha value is -3.09. The van der Waals surface area contributed by atoms with E-state index in [1.165, 1.54) is 19.2 Å². The highest BCUT2D eigenvalue weighted by Gasteiger charge is 2.31. The molecule has 7 nitrogen and oxygen atoms in total. The van der Waals surface area contributed by atoms with Crippen molar-refractivity contribution >= 4 is 23.5 Å². The standard InChI is InChI=1S/C20H18N6O/c27-20-14-10-12(3-6-15(14)21-11-22-20)19-18(23-17-2-1-8-25(17)19)16-7-9-26(24-16)13-4-5-13/h3,6-7,9-11,13-14H,1-2,4-5,8H2. The Morgan fingerprint density at radius 2 is 2.11 bits per heavy atom. The van der Waals surface area contributed by atoms with Gasteiger partial charge in [0.05, 0.1) is 17.4 Å². The zero-order chi connectivity index (χ0) is 18.0. The minimum atomic E-state index is -0.403. The van der Waals surface area contributed by atoms with Crippen LogP contribution < -0.4 is 0 Å². The van der Waals surface area contributed by atoms with Gasteiger partial charge in [0.1, 0.15) is 29.5 Å². The fraction of sp³-hybridized carbons (Fsp3) is 0.350. The lowest BCUT2D eigenvalue weighted by atomic mass is 9.90. The van der Waals surface area contributed by atoms with Crippen LogP contribution in [0.1, 0.15) is 36.8 Å². The molecule has 2 aromatic heterocycles. The van der Waals surface area contributed by atoms with E-state index in [-0.39, 0.29) is 5.91 Å². The summed E-state index contributed by atoms with van der Waals surface area (Å²) < 4.78 is 4.33. The number of amides is 1. The lowest BCUT2D eigenvalue weighted by molar-refractivity contribution is -0.118. The van der Waals surface area contributed by atoms with Crippen molar-refractivity contribution in [2.75, 3.05) is 0 Å². The minimum absolute atomic E-state index is 0.164. The first-order valence-electron chi connectivity index (χ1n) is 9.47. The van der Waals surface area contributed by atoms with Crippen molar-refractivity contribution in [3.05, 3.63) is 42.0 Å². The molecular weight excluding hydrogens is 340 g/mol. The molecule has 4 heterocycles.